The fraction of sp³-hybridized carbons (Fsp3) is 0.154. The van der Waals surface area contributed by atoms with Crippen LogP contribution in [-0.2, 0) is 0 Å². The Balaban J connectivity index is 2.72. The van der Waals surface area contributed by atoms with E-state index in [-0.39, 0.29) is 5.84 Å². The van der Waals surface area contributed by atoms with Gasteiger partial charge >= 0.3 is 0 Å². The zero-order valence-electron chi connectivity index (χ0n) is 10.4. The molecule has 0 fully saturated rings. The summed E-state index contributed by atoms with van der Waals surface area (Å²) in [4.78, 5) is 0. The van der Waals surface area contributed by atoms with Gasteiger partial charge in [0, 0.05) is 11.4 Å². The summed E-state index contributed by atoms with van der Waals surface area (Å²) in [6.45, 7) is 3.85. The summed E-state index contributed by atoms with van der Waals surface area (Å²) in [5.74, 6) is 0.509. The molecular formula is C13H16N4O. The minimum atomic E-state index is 0.0304. The van der Waals surface area contributed by atoms with Gasteiger partial charge in [0.05, 0.1) is 5.56 Å². The summed E-state index contributed by atoms with van der Waals surface area (Å²) in [6.07, 6.45) is 0. The molecule has 18 heavy (non-hydrogen) atoms. The van der Waals surface area contributed by atoms with Crippen LogP contribution < -0.4 is 11.5 Å². The van der Waals surface area contributed by atoms with Crippen LogP contribution in [0.5, 0.6) is 0 Å². The molecule has 0 unspecified atom stereocenters. The summed E-state index contributed by atoms with van der Waals surface area (Å²) in [7, 11) is 0. The average Bonchev–Trinajstić information content (AvgIpc) is 2.61. The molecule has 0 aliphatic carbocycles. The first kappa shape index (κ1) is 12.0. The van der Waals surface area contributed by atoms with Gasteiger partial charge in [0.25, 0.3) is 0 Å². The molecule has 0 spiro atoms. The van der Waals surface area contributed by atoms with Crippen molar-refractivity contribution < 1.29 is 5.21 Å². The van der Waals surface area contributed by atoms with E-state index in [0.29, 0.717) is 11.4 Å². The number of benzene rings is 1. The number of hydrogen-bond donors (Lipinski definition) is 3. The van der Waals surface area contributed by atoms with E-state index in [1.165, 1.54) is 0 Å². The molecule has 2 aromatic rings. The number of rotatable bonds is 2. The first-order valence-corrected chi connectivity index (χ1v) is 5.58. The smallest absolute Gasteiger partial charge is 0.174 e. The number of nitrogen functional groups attached to an aromatic ring is 1. The van der Waals surface area contributed by atoms with Crippen molar-refractivity contribution in [3.63, 3.8) is 0 Å². The largest absolute Gasteiger partial charge is 0.409 e. The number of oxime groups is 1. The topological polar surface area (TPSA) is 89.6 Å². The number of aromatic nitrogens is 1. The fourth-order valence-electron chi connectivity index (χ4n) is 2.12. The van der Waals surface area contributed by atoms with Crippen LogP contribution in [0.4, 0.5) is 5.82 Å². The Morgan fingerprint density at radius 1 is 1.22 bits per heavy atom. The molecule has 0 saturated heterocycles. The van der Waals surface area contributed by atoms with E-state index < -0.39 is 0 Å². The van der Waals surface area contributed by atoms with E-state index >= 15 is 0 Å². The maximum atomic E-state index is 8.81. The quantitative estimate of drug-likeness (QED) is 0.325. The fourth-order valence-corrected chi connectivity index (χ4v) is 2.12. The predicted molar refractivity (Wildman–Crippen MR) is 72.2 cm³/mol. The third-order valence-corrected chi connectivity index (χ3v) is 3.13. The van der Waals surface area contributed by atoms with E-state index in [9.17, 15) is 0 Å². The Morgan fingerprint density at radius 3 is 2.39 bits per heavy atom. The van der Waals surface area contributed by atoms with Crippen LogP contribution in [-0.4, -0.2) is 15.6 Å². The van der Waals surface area contributed by atoms with Crippen molar-refractivity contribution in [2.45, 2.75) is 13.8 Å². The van der Waals surface area contributed by atoms with Gasteiger partial charge in [-0.2, -0.15) is 0 Å². The van der Waals surface area contributed by atoms with E-state index in [1.54, 1.807) is 0 Å². The highest BCUT2D eigenvalue weighted by Crippen LogP contribution is 2.27. The molecule has 0 atom stereocenters. The lowest BCUT2D eigenvalue weighted by Gasteiger charge is -2.08. The SMILES string of the molecule is Cc1c(/C(N)=N/O)c(N)n(-c2ccccc2)c1C. The van der Waals surface area contributed by atoms with Crippen LogP contribution >= 0.6 is 0 Å². The summed E-state index contributed by atoms with van der Waals surface area (Å²) >= 11 is 0. The van der Waals surface area contributed by atoms with E-state index in [0.717, 1.165) is 16.9 Å². The highest BCUT2D eigenvalue weighted by molar-refractivity contribution is 6.03. The van der Waals surface area contributed by atoms with E-state index in [1.807, 2.05) is 48.7 Å². The Morgan fingerprint density at radius 2 is 1.83 bits per heavy atom. The maximum absolute atomic E-state index is 8.81. The predicted octanol–water partition coefficient (Wildman–Crippen LogP) is 1.77. The van der Waals surface area contributed by atoms with Gasteiger partial charge in [-0.1, -0.05) is 23.4 Å². The second-order valence-corrected chi connectivity index (χ2v) is 4.13. The van der Waals surface area contributed by atoms with Crippen LogP contribution in [0, 0.1) is 13.8 Å². The lowest BCUT2D eigenvalue weighted by Crippen LogP contribution is -2.16. The number of para-hydroxylation sites is 1. The molecule has 1 aromatic carbocycles. The summed E-state index contributed by atoms with van der Waals surface area (Å²) in [6, 6.07) is 9.73. The summed E-state index contributed by atoms with van der Waals surface area (Å²) in [5, 5.41) is 11.8. The second-order valence-electron chi connectivity index (χ2n) is 4.13. The van der Waals surface area contributed by atoms with E-state index in [2.05, 4.69) is 5.16 Å². The average molecular weight is 244 g/mol. The first-order valence-electron chi connectivity index (χ1n) is 5.58. The van der Waals surface area contributed by atoms with Gasteiger partial charge in [0.15, 0.2) is 5.84 Å². The zero-order chi connectivity index (χ0) is 13.3. The van der Waals surface area contributed by atoms with Crippen molar-refractivity contribution in [1.29, 1.82) is 0 Å². The van der Waals surface area contributed by atoms with Gasteiger partial charge in [-0.05, 0) is 31.5 Å². The highest BCUT2D eigenvalue weighted by Gasteiger charge is 2.19. The molecule has 1 heterocycles. The van der Waals surface area contributed by atoms with Gasteiger partial charge in [-0.15, -0.1) is 0 Å². The Labute approximate surface area is 105 Å². The second kappa shape index (κ2) is 4.44. The Bertz CT molecular complexity index is 599. The number of nitrogens with two attached hydrogens (primary N) is 2. The lowest BCUT2D eigenvalue weighted by atomic mass is 10.1. The van der Waals surface area contributed by atoms with Crippen LogP contribution in [0.1, 0.15) is 16.8 Å². The standard InChI is InChI=1S/C13H16N4O/c1-8-9(2)17(10-6-4-3-5-7-10)13(15)11(8)12(14)16-18/h3-7,18H,15H2,1-2H3,(H2,14,16). The van der Waals surface area contributed by atoms with Crippen LogP contribution in [0.2, 0.25) is 0 Å². The Kier molecular flexibility index (Phi) is 2.97. The summed E-state index contributed by atoms with van der Waals surface area (Å²) in [5.41, 5.74) is 15.2. The van der Waals surface area contributed by atoms with Crippen LogP contribution in [0.25, 0.3) is 5.69 Å². The van der Waals surface area contributed by atoms with Crippen molar-refractivity contribution >= 4 is 11.7 Å². The molecule has 1 aromatic heterocycles. The first-order chi connectivity index (χ1) is 8.57. The van der Waals surface area contributed by atoms with Gasteiger partial charge < -0.3 is 21.2 Å². The zero-order valence-corrected chi connectivity index (χ0v) is 10.4. The molecule has 0 amide bonds. The van der Waals surface area contributed by atoms with Crippen molar-refractivity contribution in [2.75, 3.05) is 5.73 Å². The normalized spacial score (nSPS) is 11.8. The molecule has 0 saturated carbocycles. The third kappa shape index (κ3) is 1.69. The highest BCUT2D eigenvalue weighted by atomic mass is 16.4. The molecule has 2 rings (SSSR count). The van der Waals surface area contributed by atoms with Crippen molar-refractivity contribution in [2.24, 2.45) is 10.9 Å². The van der Waals surface area contributed by atoms with Crippen molar-refractivity contribution in [1.82, 2.24) is 4.57 Å². The third-order valence-electron chi connectivity index (χ3n) is 3.13. The number of anilines is 1. The van der Waals surface area contributed by atoms with Crippen molar-refractivity contribution in [3.8, 4) is 5.69 Å². The lowest BCUT2D eigenvalue weighted by molar-refractivity contribution is 0.318. The molecule has 0 aliphatic heterocycles. The minimum Gasteiger partial charge on any atom is -0.409 e. The molecule has 0 radical (unpaired) electrons. The molecule has 5 nitrogen and oxygen atoms in total. The molecular weight excluding hydrogens is 228 g/mol. The number of hydrogen-bond acceptors (Lipinski definition) is 3. The number of nitrogens with zero attached hydrogens (tertiary/aromatic N) is 2. The Hall–Kier alpha value is -2.43. The molecule has 0 aliphatic rings. The minimum absolute atomic E-state index is 0.0304. The van der Waals surface area contributed by atoms with Gasteiger partial charge in [-0.3, -0.25) is 0 Å². The molecule has 0 bridgehead atoms. The van der Waals surface area contributed by atoms with Crippen molar-refractivity contribution in [3.05, 3.63) is 47.2 Å². The van der Waals surface area contributed by atoms with Gasteiger partial charge in [-0.25, -0.2) is 0 Å². The molecule has 5 heteroatoms. The van der Waals surface area contributed by atoms with Gasteiger partial charge in [0.2, 0.25) is 0 Å². The summed E-state index contributed by atoms with van der Waals surface area (Å²) < 4.78 is 1.89. The van der Waals surface area contributed by atoms with E-state index in [4.69, 9.17) is 16.7 Å². The maximum Gasteiger partial charge on any atom is 0.174 e. The van der Waals surface area contributed by atoms with Crippen LogP contribution in [0.15, 0.2) is 35.5 Å². The molecule has 94 valence electrons. The van der Waals surface area contributed by atoms with Crippen LogP contribution in [0.3, 0.4) is 0 Å². The number of amidine groups is 1. The molecule has 5 N–H and O–H groups in total. The monoisotopic (exact) mass is 244 g/mol. The van der Waals surface area contributed by atoms with Gasteiger partial charge in [0.1, 0.15) is 5.82 Å².